The zero-order chi connectivity index (χ0) is 17.8. The number of anilines is 3. The number of nitrogen functional groups attached to an aromatic ring is 1. The molecule has 0 radical (unpaired) electrons. The molecule has 3 atom stereocenters. The highest BCUT2D eigenvalue weighted by Crippen LogP contribution is 2.65. The van der Waals surface area contributed by atoms with Gasteiger partial charge in [0, 0.05) is 38.3 Å². The Morgan fingerprint density at radius 3 is 2.48 bits per heavy atom. The topological polar surface area (TPSA) is 70.3 Å². The summed E-state index contributed by atoms with van der Waals surface area (Å²) in [6.07, 6.45) is 3.89. The molecule has 3 N–H and O–H groups in total. The molecular formula is C19H32N6. The minimum absolute atomic E-state index is 0.325. The summed E-state index contributed by atoms with van der Waals surface area (Å²) in [5, 5.41) is 3.73. The summed E-state index contributed by atoms with van der Waals surface area (Å²) in [6.45, 7) is 11.4. The molecule has 6 heteroatoms. The summed E-state index contributed by atoms with van der Waals surface area (Å²) < 4.78 is 0. The predicted octanol–water partition coefficient (Wildman–Crippen LogP) is 2.44. The van der Waals surface area contributed by atoms with Crippen LogP contribution < -0.4 is 16.0 Å². The average molecular weight is 345 g/mol. The first-order valence-corrected chi connectivity index (χ1v) is 9.64. The van der Waals surface area contributed by atoms with Gasteiger partial charge in [0.25, 0.3) is 0 Å². The van der Waals surface area contributed by atoms with Crippen molar-refractivity contribution in [2.24, 2.45) is 16.7 Å². The lowest BCUT2D eigenvalue weighted by Gasteiger charge is -2.39. The highest BCUT2D eigenvalue weighted by atomic mass is 15.3. The molecule has 6 nitrogen and oxygen atoms in total. The predicted molar refractivity (Wildman–Crippen MR) is 103 cm³/mol. The van der Waals surface area contributed by atoms with E-state index in [1.807, 2.05) is 0 Å². The number of rotatable bonds is 3. The monoisotopic (exact) mass is 344 g/mol. The third-order valence-corrected chi connectivity index (χ3v) is 7.67. The molecule has 25 heavy (non-hydrogen) atoms. The molecule has 2 bridgehead atoms. The molecule has 2 aliphatic carbocycles. The summed E-state index contributed by atoms with van der Waals surface area (Å²) in [4.78, 5) is 13.6. The lowest BCUT2D eigenvalue weighted by molar-refractivity contribution is 0.142. The van der Waals surface area contributed by atoms with Gasteiger partial charge in [0.15, 0.2) is 0 Å². The number of aromatic nitrogens is 2. The highest BCUT2D eigenvalue weighted by molar-refractivity contribution is 5.53. The van der Waals surface area contributed by atoms with Crippen molar-refractivity contribution in [3.63, 3.8) is 0 Å². The largest absolute Gasteiger partial charge is 0.368 e. The fourth-order valence-electron chi connectivity index (χ4n) is 5.32. The summed E-state index contributed by atoms with van der Waals surface area (Å²) in [7, 11) is 2.16. The molecule has 3 fully saturated rings. The van der Waals surface area contributed by atoms with E-state index in [2.05, 4.69) is 59.0 Å². The van der Waals surface area contributed by atoms with Gasteiger partial charge in [-0.25, -0.2) is 0 Å². The fraction of sp³-hybridized carbons (Fsp3) is 0.789. The number of fused-ring (bicyclic) bond motifs is 2. The number of nitrogens with two attached hydrogens (primary N) is 1. The molecule has 138 valence electrons. The summed E-state index contributed by atoms with van der Waals surface area (Å²) >= 11 is 0. The third kappa shape index (κ3) is 2.65. The molecule has 0 amide bonds. The molecule has 1 aromatic rings. The maximum atomic E-state index is 6.03. The van der Waals surface area contributed by atoms with E-state index in [0.29, 0.717) is 22.8 Å². The Morgan fingerprint density at radius 1 is 1.16 bits per heavy atom. The van der Waals surface area contributed by atoms with Crippen LogP contribution in [0, 0.1) is 16.7 Å². The number of nitrogens with one attached hydrogen (secondary N) is 1. The van der Waals surface area contributed by atoms with Crippen molar-refractivity contribution in [3.05, 3.63) is 6.07 Å². The van der Waals surface area contributed by atoms with Crippen molar-refractivity contribution in [2.45, 2.75) is 46.1 Å². The zero-order valence-corrected chi connectivity index (χ0v) is 16.0. The molecule has 0 spiro atoms. The van der Waals surface area contributed by atoms with E-state index in [4.69, 9.17) is 5.73 Å². The normalized spacial score (nSPS) is 34.5. The Hall–Kier alpha value is -1.56. The van der Waals surface area contributed by atoms with Crippen molar-refractivity contribution >= 4 is 17.6 Å². The summed E-state index contributed by atoms with van der Waals surface area (Å²) in [6, 6.07) is 2.56. The molecule has 1 unspecified atom stereocenters. The van der Waals surface area contributed by atoms with Crippen LogP contribution in [-0.2, 0) is 0 Å². The number of hydrogen-bond acceptors (Lipinski definition) is 6. The smallest absolute Gasteiger partial charge is 0.223 e. The van der Waals surface area contributed by atoms with E-state index in [-0.39, 0.29) is 0 Å². The standard InChI is InChI=1S/C19H32N6/c1-18(2)13-5-6-19(18,3)14(11-13)21-15-12-16(23-17(20)22-15)25-9-7-24(4)8-10-25/h12-14H,5-11H2,1-4H3,(H3,20,21,22,23)/t13-,14?,19+/m1/s1. The summed E-state index contributed by atoms with van der Waals surface area (Å²) in [5.74, 6) is 3.02. The number of nitrogens with zero attached hydrogens (tertiary/aromatic N) is 4. The molecule has 3 aliphatic rings. The number of hydrogen-bond donors (Lipinski definition) is 2. The second kappa shape index (κ2) is 5.73. The Morgan fingerprint density at radius 2 is 1.88 bits per heavy atom. The van der Waals surface area contributed by atoms with Crippen molar-refractivity contribution in [3.8, 4) is 0 Å². The van der Waals surface area contributed by atoms with E-state index in [9.17, 15) is 0 Å². The van der Waals surface area contributed by atoms with Gasteiger partial charge in [-0.2, -0.15) is 9.97 Å². The van der Waals surface area contributed by atoms with Gasteiger partial charge in [-0.1, -0.05) is 20.8 Å². The van der Waals surface area contributed by atoms with Crippen LogP contribution in [0.4, 0.5) is 17.6 Å². The Labute approximate surface area is 151 Å². The molecule has 4 rings (SSSR count). The minimum atomic E-state index is 0.325. The van der Waals surface area contributed by atoms with Gasteiger partial charge in [-0.15, -0.1) is 0 Å². The van der Waals surface area contributed by atoms with Crippen molar-refractivity contribution in [1.29, 1.82) is 0 Å². The lowest BCUT2D eigenvalue weighted by atomic mass is 9.69. The van der Waals surface area contributed by atoms with Crippen LogP contribution in [-0.4, -0.2) is 54.1 Å². The van der Waals surface area contributed by atoms with Crippen LogP contribution in [0.25, 0.3) is 0 Å². The van der Waals surface area contributed by atoms with Crippen LogP contribution in [0.1, 0.15) is 40.0 Å². The molecular weight excluding hydrogens is 312 g/mol. The molecule has 0 aromatic carbocycles. The lowest BCUT2D eigenvalue weighted by Crippen LogP contribution is -2.45. The van der Waals surface area contributed by atoms with Crippen molar-refractivity contribution in [1.82, 2.24) is 14.9 Å². The van der Waals surface area contributed by atoms with Crippen molar-refractivity contribution in [2.75, 3.05) is 49.2 Å². The van der Waals surface area contributed by atoms with Gasteiger partial charge in [-0.05, 0) is 43.1 Å². The maximum Gasteiger partial charge on any atom is 0.223 e. The second-order valence-corrected chi connectivity index (χ2v) is 9.07. The SMILES string of the molecule is CN1CCN(c2cc(NC3C[C@H]4CC[C@]3(C)C4(C)C)nc(N)n2)CC1. The molecule has 2 heterocycles. The van der Waals surface area contributed by atoms with Crippen LogP contribution in [0.2, 0.25) is 0 Å². The maximum absolute atomic E-state index is 6.03. The molecule has 1 aromatic heterocycles. The van der Waals surface area contributed by atoms with Crippen LogP contribution >= 0.6 is 0 Å². The molecule has 2 saturated carbocycles. The van der Waals surface area contributed by atoms with Crippen LogP contribution in [0.15, 0.2) is 6.07 Å². The van der Waals surface area contributed by atoms with Crippen LogP contribution in [0.5, 0.6) is 0 Å². The van der Waals surface area contributed by atoms with Gasteiger partial charge in [0.1, 0.15) is 11.6 Å². The Balaban J connectivity index is 1.54. The van der Waals surface area contributed by atoms with Gasteiger partial charge < -0.3 is 20.9 Å². The van der Waals surface area contributed by atoms with E-state index < -0.39 is 0 Å². The van der Waals surface area contributed by atoms with E-state index in [1.54, 1.807) is 0 Å². The quantitative estimate of drug-likeness (QED) is 0.878. The average Bonchev–Trinajstić information content (AvgIpc) is 2.88. The van der Waals surface area contributed by atoms with Crippen molar-refractivity contribution < 1.29 is 0 Å². The Kier molecular flexibility index (Phi) is 3.87. The van der Waals surface area contributed by atoms with Crippen LogP contribution in [0.3, 0.4) is 0 Å². The highest BCUT2D eigenvalue weighted by Gasteiger charge is 2.61. The minimum Gasteiger partial charge on any atom is -0.368 e. The molecule has 1 aliphatic heterocycles. The first-order chi connectivity index (χ1) is 11.8. The fourth-order valence-corrected chi connectivity index (χ4v) is 5.32. The van der Waals surface area contributed by atoms with Gasteiger partial charge in [0.05, 0.1) is 0 Å². The van der Waals surface area contributed by atoms with Gasteiger partial charge in [0.2, 0.25) is 5.95 Å². The van der Waals surface area contributed by atoms with E-state index in [0.717, 1.165) is 43.7 Å². The number of likely N-dealkylation sites (N-methyl/N-ethyl adjacent to an activating group) is 1. The van der Waals surface area contributed by atoms with E-state index in [1.165, 1.54) is 19.3 Å². The summed E-state index contributed by atoms with van der Waals surface area (Å²) in [5.41, 5.74) is 6.75. The molecule has 1 saturated heterocycles. The first kappa shape index (κ1) is 16.9. The Bertz CT molecular complexity index is 651. The van der Waals surface area contributed by atoms with Gasteiger partial charge in [-0.3, -0.25) is 0 Å². The first-order valence-electron chi connectivity index (χ1n) is 9.64. The number of piperazine rings is 1. The van der Waals surface area contributed by atoms with Gasteiger partial charge >= 0.3 is 0 Å². The zero-order valence-electron chi connectivity index (χ0n) is 16.0. The second-order valence-electron chi connectivity index (χ2n) is 9.07. The van der Waals surface area contributed by atoms with E-state index >= 15 is 0 Å². The third-order valence-electron chi connectivity index (χ3n) is 7.67.